The summed E-state index contributed by atoms with van der Waals surface area (Å²) in [6.07, 6.45) is -0.288. The standard InChI is InChI=1S/C10H10FN3O/c11-8-3-6(5-12)9(15)4-7(8)10-13-1-2-14-10/h3-4,10,13-15H,1-2H2. The maximum absolute atomic E-state index is 13.5. The molecule has 0 aromatic heterocycles. The summed E-state index contributed by atoms with van der Waals surface area (Å²) in [5.74, 6) is -0.680. The maximum atomic E-state index is 13.5. The van der Waals surface area contributed by atoms with E-state index < -0.39 is 5.82 Å². The van der Waals surface area contributed by atoms with Crippen LogP contribution in [0.5, 0.6) is 5.75 Å². The third-order valence-electron chi connectivity index (χ3n) is 2.37. The molecule has 1 heterocycles. The van der Waals surface area contributed by atoms with Gasteiger partial charge in [0.2, 0.25) is 0 Å². The Labute approximate surface area is 86.3 Å². The first-order valence-electron chi connectivity index (χ1n) is 4.61. The lowest BCUT2D eigenvalue weighted by Crippen LogP contribution is -2.22. The van der Waals surface area contributed by atoms with Crippen LogP contribution in [-0.2, 0) is 0 Å². The van der Waals surface area contributed by atoms with Crippen LogP contribution in [-0.4, -0.2) is 18.2 Å². The van der Waals surface area contributed by atoms with E-state index in [1.165, 1.54) is 6.07 Å². The fourth-order valence-corrected chi connectivity index (χ4v) is 1.61. The lowest BCUT2D eigenvalue weighted by atomic mass is 10.1. The lowest BCUT2D eigenvalue weighted by molar-refractivity contribution is 0.463. The van der Waals surface area contributed by atoms with Gasteiger partial charge in [-0.25, -0.2) is 4.39 Å². The molecule has 2 rings (SSSR count). The van der Waals surface area contributed by atoms with Gasteiger partial charge in [0.25, 0.3) is 0 Å². The fraction of sp³-hybridized carbons (Fsp3) is 0.300. The van der Waals surface area contributed by atoms with E-state index in [1.807, 2.05) is 0 Å². The summed E-state index contributed by atoms with van der Waals surface area (Å²) < 4.78 is 13.5. The summed E-state index contributed by atoms with van der Waals surface area (Å²) in [5, 5.41) is 24.1. The van der Waals surface area contributed by atoms with E-state index in [1.54, 1.807) is 6.07 Å². The molecule has 1 aromatic carbocycles. The van der Waals surface area contributed by atoms with Gasteiger partial charge in [-0.15, -0.1) is 0 Å². The van der Waals surface area contributed by atoms with Crippen molar-refractivity contribution in [2.45, 2.75) is 6.17 Å². The van der Waals surface area contributed by atoms with Gasteiger partial charge >= 0.3 is 0 Å². The van der Waals surface area contributed by atoms with E-state index in [9.17, 15) is 9.50 Å². The molecular formula is C10H10FN3O. The van der Waals surface area contributed by atoms with E-state index in [0.717, 1.165) is 19.2 Å². The topological polar surface area (TPSA) is 68.1 Å². The molecule has 78 valence electrons. The molecule has 0 bridgehead atoms. The van der Waals surface area contributed by atoms with Crippen molar-refractivity contribution in [1.82, 2.24) is 10.6 Å². The Balaban J connectivity index is 2.40. The zero-order valence-electron chi connectivity index (χ0n) is 7.92. The highest BCUT2D eigenvalue weighted by Crippen LogP contribution is 2.25. The van der Waals surface area contributed by atoms with Crippen LogP contribution in [0.2, 0.25) is 0 Å². The SMILES string of the molecule is N#Cc1cc(F)c(C2NCCN2)cc1O. The second-order valence-corrected chi connectivity index (χ2v) is 3.34. The van der Waals surface area contributed by atoms with Gasteiger partial charge in [-0.2, -0.15) is 5.26 Å². The summed E-state index contributed by atoms with van der Waals surface area (Å²) in [6, 6.07) is 4.05. The van der Waals surface area contributed by atoms with Gasteiger partial charge in [-0.05, 0) is 12.1 Å². The molecule has 0 spiro atoms. The molecule has 0 atom stereocenters. The minimum Gasteiger partial charge on any atom is -0.507 e. The quantitative estimate of drug-likeness (QED) is 0.630. The molecule has 1 aliphatic heterocycles. The van der Waals surface area contributed by atoms with Crippen LogP contribution >= 0.6 is 0 Å². The van der Waals surface area contributed by atoms with Crippen LogP contribution in [0.4, 0.5) is 4.39 Å². The number of benzene rings is 1. The van der Waals surface area contributed by atoms with Crippen LogP contribution < -0.4 is 10.6 Å². The number of hydrogen-bond donors (Lipinski definition) is 3. The Bertz CT molecular complexity index is 421. The van der Waals surface area contributed by atoms with Crippen LogP contribution in [0.1, 0.15) is 17.3 Å². The average Bonchev–Trinajstić information content (AvgIpc) is 2.74. The van der Waals surface area contributed by atoms with Gasteiger partial charge in [0.1, 0.15) is 17.6 Å². The van der Waals surface area contributed by atoms with Gasteiger partial charge in [-0.1, -0.05) is 0 Å². The highest BCUT2D eigenvalue weighted by molar-refractivity contribution is 5.45. The number of nitriles is 1. The first-order valence-corrected chi connectivity index (χ1v) is 4.61. The first-order chi connectivity index (χ1) is 7.22. The number of halogens is 1. The molecule has 4 nitrogen and oxygen atoms in total. The maximum Gasteiger partial charge on any atom is 0.133 e. The second-order valence-electron chi connectivity index (χ2n) is 3.34. The summed E-state index contributed by atoms with van der Waals surface area (Å²) in [5.41, 5.74) is 0.290. The predicted octanol–water partition coefficient (Wildman–Crippen LogP) is 0.594. The van der Waals surface area contributed by atoms with Gasteiger partial charge in [-0.3, -0.25) is 10.6 Å². The first kappa shape index (κ1) is 9.90. The number of rotatable bonds is 1. The van der Waals surface area contributed by atoms with Crippen LogP contribution in [0.15, 0.2) is 12.1 Å². The molecule has 5 heteroatoms. The number of nitrogens with zero attached hydrogens (tertiary/aromatic N) is 1. The number of nitrogens with one attached hydrogen (secondary N) is 2. The molecule has 3 N–H and O–H groups in total. The van der Waals surface area contributed by atoms with Gasteiger partial charge in [0.15, 0.2) is 0 Å². The highest BCUT2D eigenvalue weighted by atomic mass is 19.1. The van der Waals surface area contributed by atoms with Crippen molar-refractivity contribution in [3.05, 3.63) is 29.1 Å². The number of phenolic OH excluding ortho intramolecular Hbond substituents is 1. The molecule has 0 radical (unpaired) electrons. The molecule has 15 heavy (non-hydrogen) atoms. The van der Waals surface area contributed by atoms with Crippen molar-refractivity contribution < 1.29 is 9.50 Å². The minimum atomic E-state index is -0.490. The van der Waals surface area contributed by atoms with Gasteiger partial charge in [0, 0.05) is 18.7 Å². The normalized spacial score (nSPS) is 16.5. The van der Waals surface area contributed by atoms with E-state index in [2.05, 4.69) is 10.6 Å². The summed E-state index contributed by atoms with van der Waals surface area (Å²) in [4.78, 5) is 0. The van der Waals surface area contributed by atoms with Crippen LogP contribution in [0, 0.1) is 17.1 Å². The molecule has 1 fully saturated rings. The Morgan fingerprint density at radius 2 is 2.07 bits per heavy atom. The molecule has 0 saturated carbocycles. The highest BCUT2D eigenvalue weighted by Gasteiger charge is 2.20. The van der Waals surface area contributed by atoms with Crippen molar-refractivity contribution in [3.63, 3.8) is 0 Å². The van der Waals surface area contributed by atoms with Gasteiger partial charge in [0.05, 0.1) is 11.7 Å². The van der Waals surface area contributed by atoms with Crippen molar-refractivity contribution >= 4 is 0 Å². The Morgan fingerprint density at radius 3 is 2.67 bits per heavy atom. The van der Waals surface area contributed by atoms with Crippen molar-refractivity contribution in [2.75, 3.05) is 13.1 Å². The number of aromatic hydroxyl groups is 1. The van der Waals surface area contributed by atoms with Crippen LogP contribution in [0.3, 0.4) is 0 Å². The Hall–Kier alpha value is -1.64. The Morgan fingerprint density at radius 1 is 1.40 bits per heavy atom. The number of hydrogen-bond acceptors (Lipinski definition) is 4. The third-order valence-corrected chi connectivity index (χ3v) is 2.37. The Kier molecular flexibility index (Phi) is 2.54. The molecule has 1 aliphatic rings. The fourth-order valence-electron chi connectivity index (χ4n) is 1.61. The van der Waals surface area contributed by atoms with E-state index in [4.69, 9.17) is 5.26 Å². The second kappa shape index (κ2) is 3.85. The molecule has 0 aliphatic carbocycles. The summed E-state index contributed by atoms with van der Waals surface area (Å²) >= 11 is 0. The zero-order valence-corrected chi connectivity index (χ0v) is 7.92. The molecule has 0 amide bonds. The summed E-state index contributed by atoms with van der Waals surface area (Å²) in [7, 11) is 0. The van der Waals surface area contributed by atoms with Gasteiger partial charge < -0.3 is 5.11 Å². The molecule has 1 aromatic rings. The lowest BCUT2D eigenvalue weighted by Gasteiger charge is -2.12. The molecule has 0 unspecified atom stereocenters. The predicted molar refractivity (Wildman–Crippen MR) is 51.5 cm³/mol. The average molecular weight is 207 g/mol. The van der Waals surface area contributed by atoms with Crippen molar-refractivity contribution in [2.24, 2.45) is 0 Å². The summed E-state index contributed by atoms with van der Waals surface area (Å²) in [6.45, 7) is 1.51. The van der Waals surface area contributed by atoms with Crippen molar-refractivity contribution in [3.8, 4) is 11.8 Å². The molecule has 1 saturated heterocycles. The zero-order chi connectivity index (χ0) is 10.8. The largest absolute Gasteiger partial charge is 0.507 e. The van der Waals surface area contributed by atoms with E-state index in [0.29, 0.717) is 5.56 Å². The van der Waals surface area contributed by atoms with Crippen LogP contribution in [0.25, 0.3) is 0 Å². The number of phenols is 1. The smallest absolute Gasteiger partial charge is 0.133 e. The molecular weight excluding hydrogens is 197 g/mol. The van der Waals surface area contributed by atoms with Crippen molar-refractivity contribution in [1.29, 1.82) is 5.26 Å². The third kappa shape index (κ3) is 1.77. The minimum absolute atomic E-state index is 0.0470. The monoisotopic (exact) mass is 207 g/mol. The van der Waals surface area contributed by atoms with E-state index >= 15 is 0 Å². The van der Waals surface area contributed by atoms with E-state index in [-0.39, 0.29) is 17.5 Å².